The zero-order valence-electron chi connectivity index (χ0n) is 10.5. The van der Waals surface area contributed by atoms with Crippen LogP contribution in [0.4, 0.5) is 0 Å². The second-order valence-corrected chi connectivity index (χ2v) is 4.90. The molecule has 1 rings (SSSR count). The van der Waals surface area contributed by atoms with E-state index in [2.05, 4.69) is 0 Å². The monoisotopic (exact) mass is 229 g/mol. The Morgan fingerprint density at radius 2 is 2.00 bits per heavy atom. The normalized spacial score (nSPS) is 18.9. The number of likely N-dealkylation sites (tertiary alicyclic amines) is 1. The highest BCUT2D eigenvalue weighted by Gasteiger charge is 2.27. The van der Waals surface area contributed by atoms with Crippen LogP contribution in [-0.2, 0) is 9.53 Å². The maximum Gasteiger partial charge on any atom is 0.227 e. The number of amides is 1. The molecule has 1 aliphatic heterocycles. The minimum Gasteiger partial charge on any atom is -0.366 e. The van der Waals surface area contributed by atoms with Gasteiger partial charge in [-0.05, 0) is 33.1 Å². The fourth-order valence-corrected chi connectivity index (χ4v) is 1.86. The second kappa shape index (κ2) is 5.64. The Morgan fingerprint density at radius 1 is 1.44 bits per heavy atom. The van der Waals surface area contributed by atoms with Gasteiger partial charge in [0.2, 0.25) is 5.91 Å². The zero-order valence-corrected chi connectivity index (χ0v) is 10.5. The van der Waals surface area contributed by atoms with Gasteiger partial charge in [-0.25, -0.2) is 0 Å². The lowest BCUT2D eigenvalue weighted by atomic mass is 10.1. The maximum atomic E-state index is 12.1. The van der Waals surface area contributed by atoms with Gasteiger partial charge in [-0.2, -0.15) is 0 Å². The van der Waals surface area contributed by atoms with Crippen LogP contribution in [0, 0.1) is 5.92 Å². The van der Waals surface area contributed by atoms with E-state index < -0.39 is 5.79 Å². The third kappa shape index (κ3) is 4.10. The summed E-state index contributed by atoms with van der Waals surface area (Å²) >= 11 is 0. The quantitative estimate of drug-likeness (QED) is 0.725. The largest absolute Gasteiger partial charge is 0.366 e. The van der Waals surface area contributed by atoms with Gasteiger partial charge in [0.15, 0.2) is 5.79 Å². The van der Waals surface area contributed by atoms with E-state index in [9.17, 15) is 9.90 Å². The van der Waals surface area contributed by atoms with Crippen LogP contribution in [-0.4, -0.2) is 41.4 Å². The molecule has 0 saturated carbocycles. The fraction of sp³-hybridized carbons (Fsp3) is 0.917. The van der Waals surface area contributed by atoms with Crippen molar-refractivity contribution in [3.63, 3.8) is 0 Å². The van der Waals surface area contributed by atoms with E-state index in [4.69, 9.17) is 4.74 Å². The first-order valence-electron chi connectivity index (χ1n) is 6.09. The number of hydrogen-bond acceptors (Lipinski definition) is 3. The van der Waals surface area contributed by atoms with E-state index >= 15 is 0 Å². The number of rotatable bonds is 5. The Hall–Kier alpha value is -0.610. The smallest absolute Gasteiger partial charge is 0.227 e. The zero-order chi connectivity index (χ0) is 12.2. The van der Waals surface area contributed by atoms with Crippen molar-refractivity contribution in [2.24, 2.45) is 5.92 Å². The highest BCUT2D eigenvalue weighted by Crippen LogP contribution is 2.16. The highest BCUT2D eigenvalue weighted by atomic mass is 16.6. The molecule has 1 amide bonds. The van der Waals surface area contributed by atoms with Crippen LogP contribution in [0.3, 0.4) is 0 Å². The molecule has 1 fully saturated rings. The van der Waals surface area contributed by atoms with E-state index in [1.54, 1.807) is 13.8 Å². The molecule has 0 aromatic rings. The summed E-state index contributed by atoms with van der Waals surface area (Å²) in [5, 5.41) is 9.46. The van der Waals surface area contributed by atoms with Crippen LogP contribution in [0.2, 0.25) is 0 Å². The summed E-state index contributed by atoms with van der Waals surface area (Å²) < 4.78 is 5.27. The number of hydrogen-bond donors (Lipinski definition) is 1. The summed E-state index contributed by atoms with van der Waals surface area (Å²) in [7, 11) is 0. The minimum atomic E-state index is -1.15. The number of nitrogens with zero attached hydrogens (tertiary/aromatic N) is 1. The van der Waals surface area contributed by atoms with E-state index in [1.165, 1.54) is 0 Å². The number of carbonyl (C=O) groups excluding carboxylic acids is 1. The first-order chi connectivity index (χ1) is 7.44. The van der Waals surface area contributed by atoms with Crippen molar-refractivity contribution < 1.29 is 14.6 Å². The molecule has 0 aliphatic carbocycles. The maximum absolute atomic E-state index is 12.1. The van der Waals surface area contributed by atoms with E-state index in [1.807, 2.05) is 11.8 Å². The summed E-state index contributed by atoms with van der Waals surface area (Å²) in [6.45, 7) is 7.19. The van der Waals surface area contributed by atoms with Gasteiger partial charge < -0.3 is 14.7 Å². The van der Waals surface area contributed by atoms with E-state index in [0.29, 0.717) is 6.61 Å². The Labute approximate surface area is 97.6 Å². The molecule has 0 bridgehead atoms. The summed E-state index contributed by atoms with van der Waals surface area (Å²) in [6.07, 6.45) is 2.97. The molecule has 0 aromatic carbocycles. The molecule has 0 unspecified atom stereocenters. The number of ether oxygens (including phenoxy) is 1. The van der Waals surface area contributed by atoms with Gasteiger partial charge in [-0.3, -0.25) is 4.79 Å². The van der Waals surface area contributed by atoms with Gasteiger partial charge in [0.05, 0.1) is 12.5 Å². The molecule has 1 saturated heterocycles. The first-order valence-corrected chi connectivity index (χ1v) is 6.09. The SMILES string of the molecule is CC[C@@H](COC(C)(C)O)C(=O)N1CCCC1. The van der Waals surface area contributed by atoms with Crippen LogP contribution >= 0.6 is 0 Å². The minimum absolute atomic E-state index is 0.121. The molecule has 0 radical (unpaired) electrons. The van der Waals surface area contributed by atoms with Crippen LogP contribution in [0.1, 0.15) is 40.0 Å². The third-order valence-electron chi connectivity index (χ3n) is 2.90. The summed E-state index contributed by atoms with van der Waals surface area (Å²) in [5.41, 5.74) is 0. The molecular formula is C12H23NO3. The van der Waals surface area contributed by atoms with Crippen molar-refractivity contribution in [1.29, 1.82) is 0 Å². The van der Waals surface area contributed by atoms with Crippen molar-refractivity contribution >= 4 is 5.91 Å². The molecule has 94 valence electrons. The first kappa shape index (κ1) is 13.5. The van der Waals surface area contributed by atoms with Crippen molar-refractivity contribution in [3.8, 4) is 0 Å². The van der Waals surface area contributed by atoms with Crippen molar-refractivity contribution in [3.05, 3.63) is 0 Å². The van der Waals surface area contributed by atoms with E-state index in [-0.39, 0.29) is 11.8 Å². The number of aliphatic hydroxyl groups is 1. The van der Waals surface area contributed by atoms with E-state index in [0.717, 1.165) is 32.4 Å². The second-order valence-electron chi connectivity index (χ2n) is 4.90. The molecule has 1 heterocycles. The van der Waals surface area contributed by atoms with Gasteiger partial charge >= 0.3 is 0 Å². The Morgan fingerprint density at radius 3 is 2.44 bits per heavy atom. The number of carbonyl (C=O) groups is 1. The molecule has 1 N–H and O–H groups in total. The van der Waals surface area contributed by atoms with Crippen LogP contribution in [0.25, 0.3) is 0 Å². The standard InChI is InChI=1S/C12H23NO3/c1-4-10(9-16-12(2,3)15)11(14)13-7-5-6-8-13/h10,15H,4-9H2,1-3H3/t10-/m0/s1. The Balaban J connectivity index is 2.43. The van der Waals surface area contributed by atoms with Crippen LogP contribution < -0.4 is 0 Å². The lowest BCUT2D eigenvalue weighted by Crippen LogP contribution is -2.37. The van der Waals surface area contributed by atoms with Gasteiger partial charge in [-0.1, -0.05) is 6.92 Å². The predicted molar refractivity (Wildman–Crippen MR) is 61.8 cm³/mol. The van der Waals surface area contributed by atoms with Gasteiger partial charge in [0.1, 0.15) is 0 Å². The summed E-state index contributed by atoms with van der Waals surface area (Å²) in [4.78, 5) is 14.0. The van der Waals surface area contributed by atoms with Crippen molar-refractivity contribution in [1.82, 2.24) is 4.90 Å². The van der Waals surface area contributed by atoms with Gasteiger partial charge in [-0.15, -0.1) is 0 Å². The molecule has 1 atom stereocenters. The van der Waals surface area contributed by atoms with Crippen molar-refractivity contribution in [2.45, 2.75) is 45.8 Å². The van der Waals surface area contributed by atoms with Gasteiger partial charge in [0, 0.05) is 13.1 Å². The lowest BCUT2D eigenvalue weighted by molar-refractivity contribution is -0.186. The van der Waals surface area contributed by atoms with Crippen molar-refractivity contribution in [2.75, 3.05) is 19.7 Å². The fourth-order valence-electron chi connectivity index (χ4n) is 1.86. The van der Waals surface area contributed by atoms with Crippen LogP contribution in [0.5, 0.6) is 0 Å². The summed E-state index contributed by atoms with van der Waals surface area (Å²) in [6, 6.07) is 0. The van der Waals surface area contributed by atoms with Crippen LogP contribution in [0.15, 0.2) is 0 Å². The summed E-state index contributed by atoms with van der Waals surface area (Å²) in [5.74, 6) is -1.10. The molecular weight excluding hydrogens is 206 g/mol. The topological polar surface area (TPSA) is 49.8 Å². The molecule has 4 heteroatoms. The average molecular weight is 229 g/mol. The predicted octanol–water partition coefficient (Wildman–Crippen LogP) is 1.38. The Kier molecular flexibility index (Phi) is 4.74. The Bertz CT molecular complexity index is 229. The molecule has 0 spiro atoms. The molecule has 4 nitrogen and oxygen atoms in total. The average Bonchev–Trinajstić information content (AvgIpc) is 2.69. The third-order valence-corrected chi connectivity index (χ3v) is 2.90. The molecule has 16 heavy (non-hydrogen) atoms. The molecule has 0 aromatic heterocycles. The molecule has 1 aliphatic rings. The van der Waals surface area contributed by atoms with Gasteiger partial charge in [0.25, 0.3) is 0 Å². The lowest BCUT2D eigenvalue weighted by Gasteiger charge is -2.25. The highest BCUT2D eigenvalue weighted by molar-refractivity contribution is 5.79.